The summed E-state index contributed by atoms with van der Waals surface area (Å²) in [5.41, 5.74) is 0.487. The van der Waals surface area contributed by atoms with E-state index in [1.165, 1.54) is 7.11 Å². The first kappa shape index (κ1) is 13.8. The number of esters is 1. The molecular formula is C12H15ClO4. The van der Waals surface area contributed by atoms with Crippen molar-refractivity contribution in [2.24, 2.45) is 0 Å². The molecule has 5 heteroatoms. The summed E-state index contributed by atoms with van der Waals surface area (Å²) < 4.78 is 9.74. The van der Waals surface area contributed by atoms with Crippen LogP contribution in [-0.2, 0) is 9.53 Å². The Balaban J connectivity index is 2.75. The first-order valence-corrected chi connectivity index (χ1v) is 5.63. The van der Waals surface area contributed by atoms with Gasteiger partial charge in [-0.05, 0) is 24.6 Å². The van der Waals surface area contributed by atoms with E-state index in [9.17, 15) is 9.90 Å². The summed E-state index contributed by atoms with van der Waals surface area (Å²) in [6.45, 7) is 2.01. The second kappa shape index (κ2) is 6.47. The molecule has 1 unspecified atom stereocenters. The molecule has 0 saturated heterocycles. The van der Waals surface area contributed by atoms with Crippen LogP contribution in [0, 0.1) is 0 Å². The zero-order chi connectivity index (χ0) is 12.8. The van der Waals surface area contributed by atoms with Crippen LogP contribution in [0.5, 0.6) is 5.75 Å². The van der Waals surface area contributed by atoms with Gasteiger partial charge in [-0.25, -0.2) is 0 Å². The zero-order valence-corrected chi connectivity index (χ0v) is 10.5. The molecule has 94 valence electrons. The summed E-state index contributed by atoms with van der Waals surface area (Å²) >= 11 is 5.97. The third-order valence-corrected chi connectivity index (χ3v) is 2.56. The molecule has 0 spiro atoms. The normalized spacial score (nSPS) is 12.0. The molecule has 1 N–H and O–H groups in total. The molecule has 1 aromatic rings. The first-order valence-electron chi connectivity index (χ1n) is 5.25. The smallest absolute Gasteiger partial charge is 0.308 e. The van der Waals surface area contributed by atoms with Gasteiger partial charge in [0.15, 0.2) is 0 Å². The van der Waals surface area contributed by atoms with Gasteiger partial charge in [0.2, 0.25) is 0 Å². The highest BCUT2D eigenvalue weighted by molar-refractivity contribution is 6.31. The predicted molar refractivity (Wildman–Crippen MR) is 64.2 cm³/mol. The molecule has 0 bridgehead atoms. The molecule has 17 heavy (non-hydrogen) atoms. The summed E-state index contributed by atoms with van der Waals surface area (Å²) in [5.74, 6) is 0.147. The number of rotatable bonds is 5. The maximum absolute atomic E-state index is 11.2. The van der Waals surface area contributed by atoms with Crippen LogP contribution in [0.4, 0.5) is 0 Å². The topological polar surface area (TPSA) is 55.8 Å². The summed E-state index contributed by atoms with van der Waals surface area (Å²) in [4.78, 5) is 11.2. The van der Waals surface area contributed by atoms with Gasteiger partial charge in [-0.2, -0.15) is 0 Å². The summed E-state index contributed by atoms with van der Waals surface area (Å²) in [7, 11) is 1.53. The van der Waals surface area contributed by atoms with E-state index in [-0.39, 0.29) is 6.42 Å². The van der Waals surface area contributed by atoms with Crippen LogP contribution in [0.1, 0.15) is 25.0 Å². The Morgan fingerprint density at radius 3 is 2.76 bits per heavy atom. The fourth-order valence-corrected chi connectivity index (χ4v) is 1.69. The molecule has 0 amide bonds. The van der Waals surface area contributed by atoms with E-state index in [1.54, 1.807) is 25.1 Å². The van der Waals surface area contributed by atoms with Gasteiger partial charge in [-0.1, -0.05) is 17.7 Å². The number of halogens is 1. The molecule has 0 fully saturated rings. The highest BCUT2D eigenvalue weighted by Gasteiger charge is 2.16. The molecule has 0 heterocycles. The number of ether oxygens (including phenoxy) is 2. The van der Waals surface area contributed by atoms with Crippen LogP contribution in [0.2, 0.25) is 5.02 Å². The van der Waals surface area contributed by atoms with Crippen molar-refractivity contribution in [2.45, 2.75) is 19.4 Å². The van der Waals surface area contributed by atoms with Crippen molar-refractivity contribution in [3.63, 3.8) is 0 Å². The standard InChI is InChI=1S/C12H15ClO4/c1-3-17-12(15)7-11(14)9-5-4-8(16-2)6-10(9)13/h4-6,11,14H,3,7H2,1-2H3. The van der Waals surface area contributed by atoms with E-state index in [0.717, 1.165) is 0 Å². The quantitative estimate of drug-likeness (QED) is 0.824. The van der Waals surface area contributed by atoms with Crippen molar-refractivity contribution < 1.29 is 19.4 Å². The van der Waals surface area contributed by atoms with Crippen LogP contribution in [0.3, 0.4) is 0 Å². The molecule has 0 aliphatic heterocycles. The summed E-state index contributed by atoms with van der Waals surface area (Å²) in [6.07, 6.45) is -1.08. The van der Waals surface area contributed by atoms with Crippen molar-refractivity contribution in [3.8, 4) is 5.75 Å². The minimum atomic E-state index is -0.965. The van der Waals surface area contributed by atoms with Crippen molar-refractivity contribution in [1.29, 1.82) is 0 Å². The Bertz CT molecular complexity index is 392. The van der Waals surface area contributed by atoms with Crippen molar-refractivity contribution in [2.75, 3.05) is 13.7 Å². The Morgan fingerprint density at radius 2 is 2.24 bits per heavy atom. The SMILES string of the molecule is CCOC(=O)CC(O)c1ccc(OC)cc1Cl. The van der Waals surface area contributed by atoms with E-state index in [4.69, 9.17) is 21.1 Å². The van der Waals surface area contributed by atoms with Gasteiger partial charge in [0.1, 0.15) is 5.75 Å². The average molecular weight is 259 g/mol. The molecule has 0 radical (unpaired) electrons. The highest BCUT2D eigenvalue weighted by Crippen LogP contribution is 2.29. The molecule has 1 aromatic carbocycles. The van der Waals surface area contributed by atoms with E-state index in [2.05, 4.69) is 0 Å². The van der Waals surface area contributed by atoms with Gasteiger partial charge in [0.25, 0.3) is 0 Å². The predicted octanol–water partition coefficient (Wildman–Crippen LogP) is 2.34. The van der Waals surface area contributed by atoms with Gasteiger partial charge in [0, 0.05) is 0 Å². The number of carbonyl (C=O) groups is 1. The average Bonchev–Trinajstić information content (AvgIpc) is 2.28. The number of carbonyl (C=O) groups excluding carboxylic acids is 1. The first-order chi connectivity index (χ1) is 8.08. The van der Waals surface area contributed by atoms with E-state index in [0.29, 0.717) is 22.9 Å². The Kier molecular flexibility index (Phi) is 5.25. The van der Waals surface area contributed by atoms with Gasteiger partial charge < -0.3 is 14.6 Å². The molecule has 1 atom stereocenters. The Morgan fingerprint density at radius 1 is 1.53 bits per heavy atom. The van der Waals surface area contributed by atoms with Crippen LogP contribution in [-0.4, -0.2) is 24.8 Å². The van der Waals surface area contributed by atoms with E-state index < -0.39 is 12.1 Å². The number of hydrogen-bond acceptors (Lipinski definition) is 4. The third-order valence-electron chi connectivity index (χ3n) is 2.23. The monoisotopic (exact) mass is 258 g/mol. The lowest BCUT2D eigenvalue weighted by Crippen LogP contribution is -2.10. The van der Waals surface area contributed by atoms with Gasteiger partial charge in [0.05, 0.1) is 31.3 Å². The molecule has 0 aliphatic carbocycles. The summed E-state index contributed by atoms with van der Waals surface area (Å²) in [5, 5.41) is 10.2. The lowest BCUT2D eigenvalue weighted by atomic mass is 10.1. The summed E-state index contributed by atoms with van der Waals surface area (Å²) in [6, 6.07) is 4.89. The van der Waals surface area contributed by atoms with Gasteiger partial charge in [-0.3, -0.25) is 4.79 Å². The minimum Gasteiger partial charge on any atom is -0.497 e. The van der Waals surface area contributed by atoms with Crippen LogP contribution in [0.25, 0.3) is 0 Å². The van der Waals surface area contributed by atoms with Crippen LogP contribution >= 0.6 is 11.6 Å². The zero-order valence-electron chi connectivity index (χ0n) is 9.77. The second-order valence-electron chi connectivity index (χ2n) is 3.41. The van der Waals surface area contributed by atoms with Crippen molar-refractivity contribution >= 4 is 17.6 Å². The molecule has 4 nitrogen and oxygen atoms in total. The van der Waals surface area contributed by atoms with E-state index in [1.807, 2.05) is 0 Å². The van der Waals surface area contributed by atoms with Crippen molar-refractivity contribution in [3.05, 3.63) is 28.8 Å². The minimum absolute atomic E-state index is 0.111. The molecular weight excluding hydrogens is 244 g/mol. The maximum atomic E-state index is 11.2. The van der Waals surface area contributed by atoms with Gasteiger partial charge >= 0.3 is 5.97 Å². The van der Waals surface area contributed by atoms with Crippen molar-refractivity contribution in [1.82, 2.24) is 0 Å². The second-order valence-corrected chi connectivity index (χ2v) is 3.82. The molecule has 0 saturated carbocycles. The lowest BCUT2D eigenvalue weighted by molar-refractivity contribution is -0.145. The number of aliphatic hydroxyl groups is 1. The van der Waals surface area contributed by atoms with Crippen LogP contribution in [0.15, 0.2) is 18.2 Å². The number of methoxy groups -OCH3 is 1. The lowest BCUT2D eigenvalue weighted by Gasteiger charge is -2.12. The number of hydrogen-bond donors (Lipinski definition) is 1. The highest BCUT2D eigenvalue weighted by atomic mass is 35.5. The molecule has 0 aliphatic rings. The fourth-order valence-electron chi connectivity index (χ4n) is 1.39. The molecule has 0 aromatic heterocycles. The van der Waals surface area contributed by atoms with E-state index >= 15 is 0 Å². The number of aliphatic hydroxyl groups excluding tert-OH is 1. The maximum Gasteiger partial charge on any atom is 0.308 e. The number of benzene rings is 1. The Labute approximate surface area is 105 Å². The largest absolute Gasteiger partial charge is 0.497 e. The fraction of sp³-hybridized carbons (Fsp3) is 0.417. The third kappa shape index (κ3) is 3.91. The Hall–Kier alpha value is -1.26. The molecule has 1 rings (SSSR count). The van der Waals surface area contributed by atoms with Crippen LogP contribution < -0.4 is 4.74 Å². The van der Waals surface area contributed by atoms with Gasteiger partial charge in [-0.15, -0.1) is 0 Å².